The molecule has 0 aliphatic heterocycles. The van der Waals surface area contributed by atoms with Crippen LogP contribution in [-0.4, -0.2) is 6.54 Å². The van der Waals surface area contributed by atoms with E-state index in [0.29, 0.717) is 5.41 Å². The standard InChI is InChI=1S/C16H29N/c1-16(2,3-4-17)10-15-13-6-11-5-12(8-13)9-14(15)7-11/h11-15H,3-10,17H2,1-2H3. The van der Waals surface area contributed by atoms with Crippen LogP contribution in [0, 0.1) is 35.0 Å². The lowest BCUT2D eigenvalue weighted by Gasteiger charge is -2.56. The molecular weight excluding hydrogens is 206 g/mol. The first-order valence-corrected chi connectivity index (χ1v) is 7.77. The number of nitrogens with two attached hydrogens (primary N) is 1. The molecule has 2 N–H and O–H groups in total. The van der Waals surface area contributed by atoms with Gasteiger partial charge >= 0.3 is 0 Å². The molecular formula is C16H29N. The SMILES string of the molecule is CC(C)(CCN)CC1C2CC3CC(C2)CC1C3. The van der Waals surface area contributed by atoms with E-state index < -0.39 is 0 Å². The summed E-state index contributed by atoms with van der Waals surface area (Å²) < 4.78 is 0. The van der Waals surface area contributed by atoms with Gasteiger partial charge in [-0.15, -0.1) is 0 Å². The van der Waals surface area contributed by atoms with Gasteiger partial charge in [-0.3, -0.25) is 0 Å². The minimum Gasteiger partial charge on any atom is -0.330 e. The molecule has 0 saturated heterocycles. The van der Waals surface area contributed by atoms with Crippen LogP contribution in [0.5, 0.6) is 0 Å². The Morgan fingerprint density at radius 3 is 1.94 bits per heavy atom. The summed E-state index contributed by atoms with van der Waals surface area (Å²) in [5.74, 6) is 5.45. The molecule has 4 aliphatic carbocycles. The summed E-state index contributed by atoms with van der Waals surface area (Å²) in [6, 6.07) is 0. The van der Waals surface area contributed by atoms with Gasteiger partial charge in [0.15, 0.2) is 0 Å². The van der Waals surface area contributed by atoms with Gasteiger partial charge in [-0.05, 0) is 86.5 Å². The zero-order valence-corrected chi connectivity index (χ0v) is 11.6. The van der Waals surface area contributed by atoms with Gasteiger partial charge in [-0.25, -0.2) is 0 Å². The largest absolute Gasteiger partial charge is 0.330 e. The van der Waals surface area contributed by atoms with E-state index in [-0.39, 0.29) is 0 Å². The average molecular weight is 235 g/mol. The topological polar surface area (TPSA) is 26.0 Å². The highest BCUT2D eigenvalue weighted by Gasteiger charge is 2.48. The molecule has 4 rings (SSSR count). The predicted molar refractivity (Wildman–Crippen MR) is 72.6 cm³/mol. The Labute approximate surface area is 107 Å². The number of rotatable bonds is 4. The molecule has 0 aromatic rings. The smallest absolute Gasteiger partial charge is 0.00722 e. The second-order valence-electron chi connectivity index (χ2n) is 8.00. The number of hydrogen-bond donors (Lipinski definition) is 1. The van der Waals surface area contributed by atoms with Gasteiger partial charge in [-0.2, -0.15) is 0 Å². The normalized spacial score (nSPS) is 44.3. The van der Waals surface area contributed by atoms with Crippen molar-refractivity contribution < 1.29 is 0 Å². The summed E-state index contributed by atoms with van der Waals surface area (Å²) in [6.07, 6.45) is 10.5. The summed E-state index contributed by atoms with van der Waals surface area (Å²) in [7, 11) is 0. The van der Waals surface area contributed by atoms with Gasteiger partial charge in [0.25, 0.3) is 0 Å². The van der Waals surface area contributed by atoms with Crippen molar-refractivity contribution in [1.29, 1.82) is 0 Å². The van der Waals surface area contributed by atoms with Gasteiger partial charge in [0, 0.05) is 0 Å². The molecule has 0 heterocycles. The van der Waals surface area contributed by atoms with Gasteiger partial charge in [0.05, 0.1) is 0 Å². The quantitative estimate of drug-likeness (QED) is 0.787. The maximum atomic E-state index is 5.76. The average Bonchev–Trinajstić information content (AvgIpc) is 2.22. The van der Waals surface area contributed by atoms with E-state index in [4.69, 9.17) is 5.73 Å². The van der Waals surface area contributed by atoms with Crippen LogP contribution in [0.3, 0.4) is 0 Å². The second kappa shape index (κ2) is 4.26. The lowest BCUT2D eigenvalue weighted by atomic mass is 9.50. The molecule has 4 aliphatic rings. The molecule has 0 spiro atoms. The van der Waals surface area contributed by atoms with Crippen molar-refractivity contribution >= 4 is 0 Å². The highest BCUT2D eigenvalue weighted by atomic mass is 14.6. The Morgan fingerprint density at radius 2 is 1.47 bits per heavy atom. The monoisotopic (exact) mass is 235 g/mol. The fraction of sp³-hybridized carbons (Fsp3) is 1.00. The number of hydrogen-bond acceptors (Lipinski definition) is 1. The van der Waals surface area contributed by atoms with E-state index in [0.717, 1.165) is 36.1 Å². The van der Waals surface area contributed by atoms with Crippen molar-refractivity contribution in [3.05, 3.63) is 0 Å². The molecule has 0 aromatic heterocycles. The lowest BCUT2D eigenvalue weighted by Crippen LogP contribution is -2.46. The lowest BCUT2D eigenvalue weighted by molar-refractivity contribution is -0.0531. The van der Waals surface area contributed by atoms with Crippen LogP contribution in [0.4, 0.5) is 0 Å². The Morgan fingerprint density at radius 1 is 0.941 bits per heavy atom. The summed E-state index contributed by atoms with van der Waals surface area (Å²) in [5.41, 5.74) is 6.25. The van der Waals surface area contributed by atoms with Crippen molar-refractivity contribution in [3.8, 4) is 0 Å². The van der Waals surface area contributed by atoms with Crippen LogP contribution in [0.2, 0.25) is 0 Å². The van der Waals surface area contributed by atoms with E-state index in [1.807, 2.05) is 0 Å². The van der Waals surface area contributed by atoms with E-state index in [1.54, 1.807) is 32.1 Å². The minimum atomic E-state index is 0.481. The van der Waals surface area contributed by atoms with E-state index in [1.165, 1.54) is 12.8 Å². The third-order valence-electron chi connectivity index (χ3n) is 6.03. The van der Waals surface area contributed by atoms with Crippen LogP contribution in [0.25, 0.3) is 0 Å². The molecule has 0 aromatic carbocycles. The maximum absolute atomic E-state index is 5.76. The van der Waals surface area contributed by atoms with Crippen molar-refractivity contribution in [2.75, 3.05) is 6.54 Å². The third-order valence-corrected chi connectivity index (χ3v) is 6.03. The van der Waals surface area contributed by atoms with Gasteiger partial charge in [-0.1, -0.05) is 13.8 Å². The van der Waals surface area contributed by atoms with Crippen molar-refractivity contribution in [2.45, 2.75) is 58.8 Å². The first-order chi connectivity index (χ1) is 8.07. The Hall–Kier alpha value is -0.0400. The molecule has 4 bridgehead atoms. The van der Waals surface area contributed by atoms with Crippen molar-refractivity contribution in [2.24, 2.45) is 40.7 Å². The fourth-order valence-electron chi connectivity index (χ4n) is 5.50. The molecule has 0 unspecified atom stereocenters. The first-order valence-electron chi connectivity index (χ1n) is 7.77. The second-order valence-corrected chi connectivity index (χ2v) is 8.00. The third kappa shape index (κ3) is 2.28. The van der Waals surface area contributed by atoms with E-state index in [2.05, 4.69) is 13.8 Å². The maximum Gasteiger partial charge on any atom is -0.00722 e. The highest BCUT2D eigenvalue weighted by Crippen LogP contribution is 2.58. The Balaban J connectivity index is 1.68. The van der Waals surface area contributed by atoms with Gasteiger partial charge < -0.3 is 5.73 Å². The van der Waals surface area contributed by atoms with Crippen LogP contribution in [0.15, 0.2) is 0 Å². The molecule has 4 fully saturated rings. The zero-order valence-electron chi connectivity index (χ0n) is 11.6. The summed E-state index contributed by atoms with van der Waals surface area (Å²) in [6.45, 7) is 5.73. The fourth-order valence-corrected chi connectivity index (χ4v) is 5.50. The molecule has 0 radical (unpaired) electrons. The van der Waals surface area contributed by atoms with Crippen molar-refractivity contribution in [3.63, 3.8) is 0 Å². The summed E-state index contributed by atoms with van der Waals surface area (Å²) in [5, 5.41) is 0. The molecule has 1 nitrogen and oxygen atoms in total. The summed E-state index contributed by atoms with van der Waals surface area (Å²) >= 11 is 0. The molecule has 0 amide bonds. The van der Waals surface area contributed by atoms with E-state index in [9.17, 15) is 0 Å². The minimum absolute atomic E-state index is 0.481. The molecule has 1 heteroatoms. The molecule has 17 heavy (non-hydrogen) atoms. The molecule has 98 valence electrons. The summed E-state index contributed by atoms with van der Waals surface area (Å²) in [4.78, 5) is 0. The predicted octanol–water partition coefficient (Wildman–Crippen LogP) is 3.82. The van der Waals surface area contributed by atoms with E-state index >= 15 is 0 Å². The zero-order chi connectivity index (χ0) is 12.0. The van der Waals surface area contributed by atoms with Crippen LogP contribution < -0.4 is 5.73 Å². The molecule has 0 atom stereocenters. The molecule has 4 saturated carbocycles. The Bertz CT molecular complexity index is 253. The van der Waals surface area contributed by atoms with Gasteiger partial charge in [0.1, 0.15) is 0 Å². The van der Waals surface area contributed by atoms with Crippen LogP contribution in [0.1, 0.15) is 58.8 Å². The highest BCUT2D eigenvalue weighted by molar-refractivity contribution is 4.99. The van der Waals surface area contributed by atoms with Crippen molar-refractivity contribution in [1.82, 2.24) is 0 Å². The van der Waals surface area contributed by atoms with Crippen LogP contribution in [-0.2, 0) is 0 Å². The Kier molecular flexibility index (Phi) is 3.01. The first kappa shape index (κ1) is 12.0. The van der Waals surface area contributed by atoms with Crippen LogP contribution >= 0.6 is 0 Å². The van der Waals surface area contributed by atoms with Gasteiger partial charge in [0.2, 0.25) is 0 Å².